The van der Waals surface area contributed by atoms with Crippen LogP contribution in [0.4, 0.5) is 10.5 Å². The number of nitrogens with zero attached hydrogens (tertiary/aromatic N) is 1. The molecule has 0 fully saturated rings. The Kier molecular flexibility index (Phi) is 5.20. The van der Waals surface area contributed by atoms with Crippen molar-refractivity contribution in [3.05, 3.63) is 71.7 Å². The van der Waals surface area contributed by atoms with Crippen LogP contribution in [0, 0.1) is 0 Å². The molecule has 0 aliphatic heterocycles. The van der Waals surface area contributed by atoms with E-state index >= 15 is 0 Å². The highest BCUT2D eigenvalue weighted by molar-refractivity contribution is 7.13. The molecule has 24 heavy (non-hydrogen) atoms. The fourth-order valence-corrected chi connectivity index (χ4v) is 2.95. The Morgan fingerprint density at radius 1 is 1.12 bits per heavy atom. The maximum Gasteiger partial charge on any atom is 0.319 e. The second-order valence-corrected chi connectivity index (χ2v) is 6.05. The summed E-state index contributed by atoms with van der Waals surface area (Å²) in [7, 11) is 0. The zero-order valence-electron chi connectivity index (χ0n) is 12.8. The van der Waals surface area contributed by atoms with Gasteiger partial charge in [-0.25, -0.2) is 9.78 Å². The highest BCUT2D eigenvalue weighted by Crippen LogP contribution is 2.23. The number of thiazole rings is 1. The van der Waals surface area contributed by atoms with Crippen LogP contribution in [0.1, 0.15) is 11.6 Å². The van der Waals surface area contributed by atoms with Crippen molar-refractivity contribution < 1.29 is 9.90 Å². The summed E-state index contributed by atoms with van der Waals surface area (Å²) in [6, 6.07) is 16.0. The standard InChI is InChI=1S/C18H17N3O2S/c22-12-16(13-4-2-1-3-5-13)21-18(23)20-15-8-6-14(7-9-15)17-19-10-11-24-17/h1-11,16,22H,12H2,(H2,20,21,23). The molecule has 0 bridgehead atoms. The summed E-state index contributed by atoms with van der Waals surface area (Å²) in [6.45, 7) is -0.166. The molecule has 1 aromatic heterocycles. The molecule has 5 nitrogen and oxygen atoms in total. The van der Waals surface area contributed by atoms with Gasteiger partial charge < -0.3 is 15.7 Å². The van der Waals surface area contributed by atoms with E-state index in [4.69, 9.17) is 0 Å². The van der Waals surface area contributed by atoms with E-state index in [2.05, 4.69) is 15.6 Å². The van der Waals surface area contributed by atoms with Crippen molar-refractivity contribution in [2.45, 2.75) is 6.04 Å². The molecule has 0 spiro atoms. The number of urea groups is 1. The molecule has 0 saturated carbocycles. The minimum atomic E-state index is -0.444. The van der Waals surface area contributed by atoms with Crippen molar-refractivity contribution in [3.63, 3.8) is 0 Å². The average Bonchev–Trinajstić information content (AvgIpc) is 3.16. The molecular weight excluding hydrogens is 322 g/mol. The van der Waals surface area contributed by atoms with Crippen LogP contribution in [0.2, 0.25) is 0 Å². The number of aliphatic hydroxyl groups excluding tert-OH is 1. The molecule has 3 rings (SSSR count). The zero-order valence-corrected chi connectivity index (χ0v) is 13.7. The van der Waals surface area contributed by atoms with Gasteiger partial charge in [0, 0.05) is 22.8 Å². The number of benzene rings is 2. The number of aromatic nitrogens is 1. The van der Waals surface area contributed by atoms with Gasteiger partial charge in [0.2, 0.25) is 0 Å². The maximum absolute atomic E-state index is 12.1. The SMILES string of the molecule is O=C(Nc1ccc(-c2nccs2)cc1)NC(CO)c1ccccc1. The van der Waals surface area contributed by atoms with Gasteiger partial charge in [0.1, 0.15) is 5.01 Å². The fourth-order valence-electron chi connectivity index (χ4n) is 2.31. The maximum atomic E-state index is 12.1. The highest BCUT2D eigenvalue weighted by Gasteiger charge is 2.13. The van der Waals surface area contributed by atoms with Gasteiger partial charge >= 0.3 is 6.03 Å². The molecule has 2 aromatic carbocycles. The lowest BCUT2D eigenvalue weighted by atomic mass is 10.1. The first kappa shape index (κ1) is 16.2. The van der Waals surface area contributed by atoms with Crippen molar-refractivity contribution in [1.82, 2.24) is 10.3 Å². The predicted octanol–water partition coefficient (Wildman–Crippen LogP) is 3.67. The van der Waals surface area contributed by atoms with Gasteiger partial charge in [0.15, 0.2) is 0 Å². The minimum Gasteiger partial charge on any atom is -0.394 e. The molecule has 3 aromatic rings. The predicted molar refractivity (Wildman–Crippen MR) is 96.0 cm³/mol. The summed E-state index contributed by atoms with van der Waals surface area (Å²) in [6.07, 6.45) is 1.76. The monoisotopic (exact) mass is 339 g/mol. The van der Waals surface area contributed by atoms with Crippen molar-refractivity contribution in [1.29, 1.82) is 0 Å². The highest BCUT2D eigenvalue weighted by atomic mass is 32.1. The molecule has 122 valence electrons. The van der Waals surface area contributed by atoms with Crippen molar-refractivity contribution in [2.75, 3.05) is 11.9 Å². The number of hydrogen-bond acceptors (Lipinski definition) is 4. The topological polar surface area (TPSA) is 74.2 Å². The smallest absolute Gasteiger partial charge is 0.319 e. The summed E-state index contributed by atoms with van der Waals surface area (Å²) in [5, 5.41) is 17.9. The summed E-state index contributed by atoms with van der Waals surface area (Å²) in [5.41, 5.74) is 2.54. The van der Waals surface area contributed by atoms with Crippen LogP contribution in [-0.4, -0.2) is 22.7 Å². The third kappa shape index (κ3) is 3.98. The molecule has 0 radical (unpaired) electrons. The molecule has 0 aliphatic carbocycles. The van der Waals surface area contributed by atoms with Crippen molar-refractivity contribution >= 4 is 23.1 Å². The quantitative estimate of drug-likeness (QED) is 0.664. The number of carbonyl (C=O) groups excluding carboxylic acids is 1. The Labute approximate surface area is 144 Å². The van der Waals surface area contributed by atoms with E-state index in [-0.39, 0.29) is 12.6 Å². The lowest BCUT2D eigenvalue weighted by molar-refractivity contribution is 0.225. The third-order valence-electron chi connectivity index (χ3n) is 3.51. The first-order valence-electron chi connectivity index (χ1n) is 7.49. The van der Waals surface area contributed by atoms with Crippen molar-refractivity contribution in [2.24, 2.45) is 0 Å². The van der Waals surface area contributed by atoms with Gasteiger partial charge in [-0.05, 0) is 29.8 Å². The zero-order chi connectivity index (χ0) is 16.8. The number of amides is 2. The summed E-state index contributed by atoms with van der Waals surface area (Å²) in [4.78, 5) is 16.4. The lowest BCUT2D eigenvalue weighted by Crippen LogP contribution is -2.34. The minimum absolute atomic E-state index is 0.166. The number of carbonyl (C=O) groups is 1. The van der Waals surface area contributed by atoms with E-state index in [9.17, 15) is 9.90 Å². The molecule has 3 N–H and O–H groups in total. The van der Waals surface area contributed by atoms with Gasteiger partial charge in [0.05, 0.1) is 12.6 Å². The number of aliphatic hydroxyl groups is 1. The molecule has 1 heterocycles. The van der Waals surface area contributed by atoms with Crippen LogP contribution in [0.5, 0.6) is 0 Å². The van der Waals surface area contributed by atoms with Crippen LogP contribution in [0.3, 0.4) is 0 Å². The Morgan fingerprint density at radius 2 is 1.88 bits per heavy atom. The normalized spacial score (nSPS) is 11.7. The summed E-state index contributed by atoms with van der Waals surface area (Å²) in [5.74, 6) is 0. The van der Waals surface area contributed by atoms with Gasteiger partial charge in [-0.1, -0.05) is 30.3 Å². The van der Waals surface area contributed by atoms with E-state index in [1.54, 1.807) is 17.5 Å². The molecule has 0 aliphatic rings. The molecule has 1 atom stereocenters. The van der Waals surface area contributed by atoms with Crippen LogP contribution >= 0.6 is 11.3 Å². The van der Waals surface area contributed by atoms with E-state index in [0.29, 0.717) is 5.69 Å². The number of hydrogen-bond donors (Lipinski definition) is 3. The van der Waals surface area contributed by atoms with Gasteiger partial charge in [-0.3, -0.25) is 0 Å². The third-order valence-corrected chi connectivity index (χ3v) is 4.33. The van der Waals surface area contributed by atoms with Gasteiger partial charge in [-0.2, -0.15) is 0 Å². The van der Waals surface area contributed by atoms with E-state index in [1.165, 1.54) is 0 Å². The summed E-state index contributed by atoms with van der Waals surface area (Å²) < 4.78 is 0. The van der Waals surface area contributed by atoms with Crippen LogP contribution in [0.15, 0.2) is 66.2 Å². The second-order valence-electron chi connectivity index (χ2n) is 5.16. The van der Waals surface area contributed by atoms with Gasteiger partial charge in [0.25, 0.3) is 0 Å². The lowest BCUT2D eigenvalue weighted by Gasteiger charge is -2.17. The van der Waals surface area contributed by atoms with E-state index in [1.807, 2.05) is 60.0 Å². The van der Waals surface area contributed by atoms with Gasteiger partial charge in [-0.15, -0.1) is 11.3 Å². The Hall–Kier alpha value is -2.70. The Balaban J connectivity index is 1.62. The molecular formula is C18H17N3O2S. The number of nitrogens with one attached hydrogen (secondary N) is 2. The average molecular weight is 339 g/mol. The number of rotatable bonds is 5. The van der Waals surface area contributed by atoms with Crippen LogP contribution < -0.4 is 10.6 Å². The van der Waals surface area contributed by atoms with E-state index in [0.717, 1.165) is 16.1 Å². The Morgan fingerprint density at radius 3 is 2.50 bits per heavy atom. The molecule has 1 unspecified atom stereocenters. The largest absolute Gasteiger partial charge is 0.394 e. The summed E-state index contributed by atoms with van der Waals surface area (Å²) >= 11 is 1.57. The molecule has 0 saturated heterocycles. The first-order chi connectivity index (χ1) is 11.8. The molecule has 2 amide bonds. The first-order valence-corrected chi connectivity index (χ1v) is 8.37. The van der Waals surface area contributed by atoms with E-state index < -0.39 is 6.04 Å². The fraction of sp³-hybridized carbons (Fsp3) is 0.111. The Bertz CT molecular complexity index is 774. The van der Waals surface area contributed by atoms with Crippen molar-refractivity contribution in [3.8, 4) is 10.6 Å². The van der Waals surface area contributed by atoms with Crippen LogP contribution in [0.25, 0.3) is 10.6 Å². The molecule has 6 heteroatoms. The second kappa shape index (κ2) is 7.72. The van der Waals surface area contributed by atoms with Crippen LogP contribution in [-0.2, 0) is 0 Å². The number of anilines is 1.